The number of ether oxygens (including phenoxy) is 1. The summed E-state index contributed by atoms with van der Waals surface area (Å²) >= 11 is 0. The first-order valence-electron chi connectivity index (χ1n) is 5.89. The van der Waals surface area contributed by atoms with Gasteiger partial charge in [-0.2, -0.15) is 0 Å². The predicted molar refractivity (Wildman–Crippen MR) is 56.8 cm³/mol. The summed E-state index contributed by atoms with van der Waals surface area (Å²) in [6.45, 7) is 7.91. The Morgan fingerprint density at radius 2 is 2.15 bits per heavy atom. The third kappa shape index (κ3) is 3.30. The summed E-state index contributed by atoms with van der Waals surface area (Å²) in [5.41, 5.74) is 0. The highest BCUT2D eigenvalue weighted by molar-refractivity contribution is 4.75. The molecule has 0 radical (unpaired) electrons. The molecule has 1 aliphatic heterocycles. The van der Waals surface area contributed by atoms with Gasteiger partial charge in [0, 0.05) is 6.61 Å². The molecule has 1 rings (SSSR count). The van der Waals surface area contributed by atoms with Gasteiger partial charge in [0.2, 0.25) is 0 Å². The monoisotopic (exact) mass is 184 g/mol. The molecule has 0 N–H and O–H groups in total. The van der Waals surface area contributed by atoms with Gasteiger partial charge in [0.1, 0.15) is 0 Å². The van der Waals surface area contributed by atoms with E-state index in [1.807, 2.05) is 0 Å². The Morgan fingerprint density at radius 3 is 2.77 bits per heavy atom. The fourth-order valence-corrected chi connectivity index (χ4v) is 2.13. The van der Waals surface area contributed by atoms with Crippen LogP contribution in [0.1, 0.15) is 52.9 Å². The van der Waals surface area contributed by atoms with Gasteiger partial charge in [0.15, 0.2) is 0 Å². The summed E-state index contributed by atoms with van der Waals surface area (Å²) in [6.07, 6.45) is 7.11. The molecule has 0 saturated carbocycles. The van der Waals surface area contributed by atoms with E-state index in [-0.39, 0.29) is 0 Å². The van der Waals surface area contributed by atoms with Crippen molar-refractivity contribution >= 4 is 0 Å². The fraction of sp³-hybridized carbons (Fsp3) is 1.00. The Labute approximate surface area is 82.9 Å². The maximum Gasteiger partial charge on any atom is 0.0604 e. The zero-order valence-electron chi connectivity index (χ0n) is 9.38. The van der Waals surface area contributed by atoms with Gasteiger partial charge in [0.25, 0.3) is 0 Å². The lowest BCUT2D eigenvalue weighted by Crippen LogP contribution is -2.16. The highest BCUT2D eigenvalue weighted by atomic mass is 16.5. The Bertz CT molecular complexity index is 133. The Morgan fingerprint density at radius 1 is 1.38 bits per heavy atom. The van der Waals surface area contributed by atoms with Crippen LogP contribution in [0, 0.1) is 11.8 Å². The van der Waals surface area contributed by atoms with E-state index in [1.165, 1.54) is 32.1 Å². The van der Waals surface area contributed by atoms with Crippen molar-refractivity contribution in [1.82, 2.24) is 0 Å². The van der Waals surface area contributed by atoms with Gasteiger partial charge in [0.05, 0.1) is 6.10 Å². The molecule has 0 amide bonds. The summed E-state index contributed by atoms with van der Waals surface area (Å²) in [7, 11) is 0. The molecular weight excluding hydrogens is 160 g/mol. The van der Waals surface area contributed by atoms with Crippen LogP contribution in [-0.2, 0) is 4.74 Å². The van der Waals surface area contributed by atoms with Crippen molar-refractivity contribution in [2.75, 3.05) is 6.61 Å². The van der Waals surface area contributed by atoms with Crippen molar-refractivity contribution in [2.24, 2.45) is 11.8 Å². The van der Waals surface area contributed by atoms with Crippen LogP contribution in [0.3, 0.4) is 0 Å². The smallest absolute Gasteiger partial charge is 0.0604 e. The third-order valence-corrected chi connectivity index (χ3v) is 3.51. The Balaban J connectivity index is 2.19. The van der Waals surface area contributed by atoms with Crippen molar-refractivity contribution in [3.8, 4) is 0 Å². The molecule has 0 aromatic carbocycles. The van der Waals surface area contributed by atoms with Crippen molar-refractivity contribution < 1.29 is 4.74 Å². The minimum Gasteiger partial charge on any atom is -0.378 e. The van der Waals surface area contributed by atoms with Crippen LogP contribution in [0.5, 0.6) is 0 Å². The highest BCUT2D eigenvalue weighted by Gasteiger charge is 2.26. The molecule has 1 fully saturated rings. The lowest BCUT2D eigenvalue weighted by atomic mass is 9.92. The van der Waals surface area contributed by atoms with Crippen molar-refractivity contribution in [1.29, 1.82) is 0 Å². The van der Waals surface area contributed by atoms with Crippen molar-refractivity contribution in [3.63, 3.8) is 0 Å². The van der Waals surface area contributed by atoms with E-state index in [2.05, 4.69) is 20.8 Å². The molecule has 0 bridgehead atoms. The highest BCUT2D eigenvalue weighted by Crippen LogP contribution is 2.28. The maximum atomic E-state index is 5.75. The third-order valence-electron chi connectivity index (χ3n) is 3.51. The van der Waals surface area contributed by atoms with E-state index in [4.69, 9.17) is 4.74 Å². The lowest BCUT2D eigenvalue weighted by Gasteiger charge is -2.18. The summed E-state index contributed by atoms with van der Waals surface area (Å²) < 4.78 is 5.75. The minimum atomic E-state index is 0.582. The molecule has 13 heavy (non-hydrogen) atoms. The molecule has 0 aliphatic carbocycles. The topological polar surface area (TPSA) is 9.23 Å². The molecule has 1 nitrogen and oxygen atoms in total. The van der Waals surface area contributed by atoms with Gasteiger partial charge in [-0.05, 0) is 31.1 Å². The first-order chi connectivity index (χ1) is 6.27. The lowest BCUT2D eigenvalue weighted by molar-refractivity contribution is 0.0772. The Hall–Kier alpha value is -0.0400. The van der Waals surface area contributed by atoms with E-state index in [9.17, 15) is 0 Å². The van der Waals surface area contributed by atoms with Gasteiger partial charge in [-0.15, -0.1) is 0 Å². The van der Waals surface area contributed by atoms with Crippen LogP contribution in [-0.4, -0.2) is 12.7 Å². The van der Waals surface area contributed by atoms with Crippen LogP contribution >= 0.6 is 0 Å². The fourth-order valence-electron chi connectivity index (χ4n) is 2.13. The zero-order chi connectivity index (χ0) is 9.68. The van der Waals surface area contributed by atoms with E-state index in [1.54, 1.807) is 0 Å². The van der Waals surface area contributed by atoms with Gasteiger partial charge in [-0.1, -0.05) is 33.6 Å². The summed E-state index contributed by atoms with van der Waals surface area (Å²) in [4.78, 5) is 0. The average molecular weight is 184 g/mol. The molecule has 0 spiro atoms. The van der Waals surface area contributed by atoms with Crippen LogP contribution in [0.2, 0.25) is 0 Å². The van der Waals surface area contributed by atoms with E-state index in [0.29, 0.717) is 6.10 Å². The first-order valence-corrected chi connectivity index (χ1v) is 5.89. The van der Waals surface area contributed by atoms with E-state index < -0.39 is 0 Å². The molecule has 3 unspecified atom stereocenters. The standard InChI is InChI=1S/C12H24O/c1-4-10(3)6-7-12-11(5-2)8-9-13-12/h10-12H,4-9H2,1-3H3. The predicted octanol–water partition coefficient (Wildman–Crippen LogP) is 3.63. The second-order valence-corrected chi connectivity index (χ2v) is 4.46. The molecule has 1 heterocycles. The first kappa shape index (κ1) is 11.0. The quantitative estimate of drug-likeness (QED) is 0.634. The molecule has 1 aliphatic rings. The molecule has 3 atom stereocenters. The molecule has 78 valence electrons. The van der Waals surface area contributed by atoms with Crippen LogP contribution in [0.25, 0.3) is 0 Å². The summed E-state index contributed by atoms with van der Waals surface area (Å²) in [6, 6.07) is 0. The van der Waals surface area contributed by atoms with Crippen LogP contribution in [0.4, 0.5) is 0 Å². The van der Waals surface area contributed by atoms with Gasteiger partial charge in [-0.25, -0.2) is 0 Å². The van der Waals surface area contributed by atoms with Gasteiger partial charge in [-0.3, -0.25) is 0 Å². The zero-order valence-corrected chi connectivity index (χ0v) is 9.38. The maximum absolute atomic E-state index is 5.75. The van der Waals surface area contributed by atoms with E-state index in [0.717, 1.165) is 18.4 Å². The number of hydrogen-bond acceptors (Lipinski definition) is 1. The Kier molecular flexibility index (Phi) is 4.79. The largest absolute Gasteiger partial charge is 0.378 e. The van der Waals surface area contributed by atoms with E-state index >= 15 is 0 Å². The van der Waals surface area contributed by atoms with Crippen molar-refractivity contribution in [3.05, 3.63) is 0 Å². The minimum absolute atomic E-state index is 0.582. The number of hydrogen-bond donors (Lipinski definition) is 0. The van der Waals surface area contributed by atoms with Crippen LogP contribution in [0.15, 0.2) is 0 Å². The molecule has 1 heteroatoms. The summed E-state index contributed by atoms with van der Waals surface area (Å²) in [5, 5.41) is 0. The molecular formula is C12H24O. The van der Waals surface area contributed by atoms with Gasteiger partial charge >= 0.3 is 0 Å². The molecule has 0 aromatic heterocycles. The normalized spacial score (nSPS) is 30.7. The van der Waals surface area contributed by atoms with Crippen LogP contribution < -0.4 is 0 Å². The molecule has 1 saturated heterocycles. The van der Waals surface area contributed by atoms with Crippen molar-refractivity contribution in [2.45, 2.75) is 59.0 Å². The number of rotatable bonds is 5. The average Bonchev–Trinajstić information content (AvgIpc) is 2.61. The second kappa shape index (κ2) is 5.64. The van der Waals surface area contributed by atoms with Gasteiger partial charge < -0.3 is 4.74 Å². The summed E-state index contributed by atoms with van der Waals surface area (Å²) in [5.74, 6) is 1.73. The molecule has 0 aromatic rings. The second-order valence-electron chi connectivity index (χ2n) is 4.46. The SMILES string of the molecule is CCC(C)CCC1OCCC1CC.